The molecule has 1 aromatic carbocycles. The van der Waals surface area contributed by atoms with Crippen molar-refractivity contribution in [2.45, 2.75) is 19.4 Å². The van der Waals surface area contributed by atoms with Gasteiger partial charge in [0.15, 0.2) is 0 Å². The lowest BCUT2D eigenvalue weighted by Crippen LogP contribution is -2.25. The Balaban J connectivity index is 1.82. The molecule has 134 valence electrons. The summed E-state index contributed by atoms with van der Waals surface area (Å²) >= 11 is 0. The highest BCUT2D eigenvalue weighted by Crippen LogP contribution is 2.28. The third kappa shape index (κ3) is 2.65. The van der Waals surface area contributed by atoms with Crippen LogP contribution in [0.15, 0.2) is 41.5 Å². The van der Waals surface area contributed by atoms with Crippen molar-refractivity contribution in [3.05, 3.63) is 47.0 Å². The van der Waals surface area contributed by atoms with Gasteiger partial charge in [-0.25, -0.2) is 4.98 Å². The average Bonchev–Trinajstić information content (AvgIpc) is 3.22. The molecule has 1 saturated heterocycles. The Morgan fingerprint density at radius 2 is 2.15 bits per heavy atom. The molecule has 0 aliphatic carbocycles. The highest BCUT2D eigenvalue weighted by Gasteiger charge is 2.32. The smallest absolute Gasteiger partial charge is 0.259 e. The number of aromatic nitrogens is 3. The fraction of sp³-hybridized carbons (Fsp3) is 0.316. The first-order valence-corrected chi connectivity index (χ1v) is 8.66. The van der Waals surface area contributed by atoms with Crippen molar-refractivity contribution in [3.63, 3.8) is 0 Å². The minimum absolute atomic E-state index is 0.0418. The number of hydrogen-bond donors (Lipinski definition) is 1. The zero-order valence-corrected chi connectivity index (χ0v) is 14.7. The van der Waals surface area contributed by atoms with Crippen molar-refractivity contribution in [3.8, 4) is 17.1 Å². The molecular formula is C19H20N4O3. The number of benzene rings is 1. The van der Waals surface area contributed by atoms with Gasteiger partial charge >= 0.3 is 0 Å². The second-order valence-electron chi connectivity index (χ2n) is 6.42. The van der Waals surface area contributed by atoms with Gasteiger partial charge in [-0.05, 0) is 37.6 Å². The number of imidazole rings is 1. The lowest BCUT2D eigenvalue weighted by Gasteiger charge is -2.14. The van der Waals surface area contributed by atoms with Crippen LogP contribution in [0.2, 0.25) is 0 Å². The number of carbonyl (C=O) groups excluding carboxylic acids is 1. The summed E-state index contributed by atoms with van der Waals surface area (Å²) in [6, 6.07) is 7.03. The Morgan fingerprint density at radius 1 is 1.31 bits per heavy atom. The zero-order chi connectivity index (χ0) is 18.3. The summed E-state index contributed by atoms with van der Waals surface area (Å²) in [5, 5.41) is 0.856. The highest BCUT2D eigenvalue weighted by molar-refractivity contribution is 5.85. The van der Waals surface area contributed by atoms with Crippen LogP contribution in [-0.4, -0.2) is 45.5 Å². The number of H-pyrrole nitrogens is 1. The predicted octanol–water partition coefficient (Wildman–Crippen LogP) is 2.19. The molecule has 7 nitrogen and oxygen atoms in total. The van der Waals surface area contributed by atoms with E-state index in [0.29, 0.717) is 31.0 Å². The number of aromatic amines is 1. The lowest BCUT2D eigenvalue weighted by atomic mass is 10.1. The van der Waals surface area contributed by atoms with Gasteiger partial charge in [0.05, 0.1) is 12.2 Å². The largest absolute Gasteiger partial charge is 0.494 e. The summed E-state index contributed by atoms with van der Waals surface area (Å²) in [6.07, 6.45) is 4.09. The summed E-state index contributed by atoms with van der Waals surface area (Å²) in [6.45, 7) is 3.20. The minimum Gasteiger partial charge on any atom is -0.494 e. The third-order valence-corrected chi connectivity index (χ3v) is 4.77. The van der Waals surface area contributed by atoms with Gasteiger partial charge in [-0.1, -0.05) is 0 Å². The van der Waals surface area contributed by atoms with Gasteiger partial charge in [0, 0.05) is 36.9 Å². The molecule has 1 unspecified atom stereocenters. The molecule has 0 bridgehead atoms. The Labute approximate surface area is 150 Å². The number of amides is 1. The van der Waals surface area contributed by atoms with Crippen LogP contribution in [0, 0.1) is 0 Å². The van der Waals surface area contributed by atoms with Gasteiger partial charge in [0.1, 0.15) is 17.6 Å². The van der Waals surface area contributed by atoms with E-state index in [4.69, 9.17) is 4.74 Å². The van der Waals surface area contributed by atoms with Crippen molar-refractivity contribution in [2.24, 2.45) is 0 Å². The second-order valence-corrected chi connectivity index (χ2v) is 6.42. The quantitative estimate of drug-likeness (QED) is 0.780. The van der Waals surface area contributed by atoms with E-state index in [2.05, 4.69) is 9.97 Å². The molecule has 1 N–H and O–H groups in total. The molecule has 4 rings (SSSR count). The van der Waals surface area contributed by atoms with Crippen molar-refractivity contribution in [1.82, 2.24) is 19.4 Å². The topological polar surface area (TPSA) is 80.2 Å². The van der Waals surface area contributed by atoms with E-state index in [9.17, 15) is 9.59 Å². The number of nitrogens with zero attached hydrogens (tertiary/aromatic N) is 3. The summed E-state index contributed by atoms with van der Waals surface area (Å²) < 4.78 is 7.34. The number of likely N-dealkylation sites (tertiary alicyclic amines) is 1. The molecule has 0 saturated carbocycles. The molecule has 0 radical (unpaired) electrons. The molecule has 7 heteroatoms. The fourth-order valence-electron chi connectivity index (χ4n) is 3.44. The molecule has 1 atom stereocenters. The molecule has 1 fully saturated rings. The zero-order valence-electron chi connectivity index (χ0n) is 14.7. The second kappa shape index (κ2) is 6.33. The standard InChI is InChI=1S/C19H20N4O3/c1-3-26-13-4-5-15-12(10-13)11-14(18(24)21-15)17-20-7-9-23(17)16-6-8-22(2)19(16)25/h4-5,7,9-11,16H,3,6,8H2,1-2H3,(H,21,24). The van der Waals surface area contributed by atoms with Crippen molar-refractivity contribution in [2.75, 3.05) is 20.2 Å². The first kappa shape index (κ1) is 16.4. The van der Waals surface area contributed by atoms with Gasteiger partial charge in [-0.15, -0.1) is 0 Å². The van der Waals surface area contributed by atoms with Crippen molar-refractivity contribution in [1.29, 1.82) is 0 Å². The maximum atomic E-state index is 12.6. The number of hydrogen-bond acceptors (Lipinski definition) is 4. The Kier molecular flexibility index (Phi) is 3.99. The summed E-state index contributed by atoms with van der Waals surface area (Å²) in [4.78, 5) is 33.9. The van der Waals surface area contributed by atoms with Crippen LogP contribution in [0.4, 0.5) is 0 Å². The van der Waals surface area contributed by atoms with Crippen LogP contribution in [0.3, 0.4) is 0 Å². The predicted molar refractivity (Wildman–Crippen MR) is 98.2 cm³/mol. The van der Waals surface area contributed by atoms with E-state index in [1.54, 1.807) is 35.0 Å². The lowest BCUT2D eigenvalue weighted by molar-refractivity contribution is -0.129. The fourth-order valence-corrected chi connectivity index (χ4v) is 3.44. The Bertz CT molecular complexity index is 1040. The van der Waals surface area contributed by atoms with Gasteiger partial charge in [-0.3, -0.25) is 9.59 Å². The van der Waals surface area contributed by atoms with E-state index in [0.717, 1.165) is 16.7 Å². The molecule has 1 aliphatic heterocycles. The number of fused-ring (bicyclic) bond motifs is 1. The van der Waals surface area contributed by atoms with Crippen LogP contribution in [0.25, 0.3) is 22.3 Å². The van der Waals surface area contributed by atoms with E-state index in [-0.39, 0.29) is 17.5 Å². The summed E-state index contributed by atoms with van der Waals surface area (Å²) in [5.74, 6) is 1.29. The Hall–Kier alpha value is -3.09. The number of rotatable bonds is 4. The number of pyridine rings is 1. The molecule has 1 amide bonds. The van der Waals surface area contributed by atoms with Crippen molar-refractivity contribution < 1.29 is 9.53 Å². The first-order valence-electron chi connectivity index (χ1n) is 8.66. The monoisotopic (exact) mass is 352 g/mol. The molecule has 3 heterocycles. The van der Waals surface area contributed by atoms with E-state index < -0.39 is 0 Å². The van der Waals surface area contributed by atoms with Crippen LogP contribution in [-0.2, 0) is 4.79 Å². The number of nitrogens with one attached hydrogen (secondary N) is 1. The van der Waals surface area contributed by atoms with Crippen molar-refractivity contribution >= 4 is 16.8 Å². The maximum Gasteiger partial charge on any atom is 0.259 e. The minimum atomic E-state index is -0.317. The SMILES string of the molecule is CCOc1ccc2[nH]c(=O)c(-c3nccn3C3CCN(C)C3=O)cc2c1. The molecule has 3 aromatic rings. The third-order valence-electron chi connectivity index (χ3n) is 4.77. The number of likely N-dealkylation sites (N-methyl/N-ethyl adjacent to an activating group) is 1. The van der Waals surface area contributed by atoms with E-state index in [1.165, 1.54) is 0 Å². The molecule has 2 aromatic heterocycles. The van der Waals surface area contributed by atoms with Gasteiger partial charge in [0.2, 0.25) is 5.91 Å². The average molecular weight is 352 g/mol. The molecular weight excluding hydrogens is 332 g/mol. The van der Waals surface area contributed by atoms with E-state index >= 15 is 0 Å². The van der Waals surface area contributed by atoms with Crippen LogP contribution in [0.1, 0.15) is 19.4 Å². The summed E-state index contributed by atoms with van der Waals surface area (Å²) in [5.41, 5.74) is 0.948. The van der Waals surface area contributed by atoms with Gasteiger partial charge in [-0.2, -0.15) is 0 Å². The number of carbonyl (C=O) groups is 1. The normalized spacial score (nSPS) is 17.2. The first-order chi connectivity index (χ1) is 12.6. The van der Waals surface area contributed by atoms with Crippen LogP contribution < -0.4 is 10.3 Å². The van der Waals surface area contributed by atoms with Gasteiger partial charge in [0.25, 0.3) is 5.56 Å². The highest BCUT2D eigenvalue weighted by atomic mass is 16.5. The van der Waals surface area contributed by atoms with Gasteiger partial charge < -0.3 is 19.2 Å². The summed E-state index contributed by atoms with van der Waals surface area (Å²) in [7, 11) is 1.79. The number of ether oxygens (including phenoxy) is 1. The van der Waals surface area contributed by atoms with Crippen LogP contribution >= 0.6 is 0 Å². The molecule has 1 aliphatic rings. The van der Waals surface area contributed by atoms with E-state index in [1.807, 2.05) is 25.1 Å². The van der Waals surface area contributed by atoms with Crippen LogP contribution in [0.5, 0.6) is 5.75 Å². The molecule has 26 heavy (non-hydrogen) atoms. The maximum absolute atomic E-state index is 12.6. The molecule has 0 spiro atoms. The Morgan fingerprint density at radius 3 is 2.88 bits per heavy atom.